The summed E-state index contributed by atoms with van der Waals surface area (Å²) in [6, 6.07) is 7.73. The Kier molecular flexibility index (Phi) is 4.19. The zero-order valence-electron chi connectivity index (χ0n) is 12.1. The molecule has 0 aliphatic carbocycles. The summed E-state index contributed by atoms with van der Waals surface area (Å²) in [7, 11) is -3.59. The third-order valence-electron chi connectivity index (χ3n) is 4.18. The number of benzene rings is 1. The van der Waals surface area contributed by atoms with Crippen LogP contribution < -0.4 is 4.72 Å². The summed E-state index contributed by atoms with van der Waals surface area (Å²) >= 11 is 0. The van der Waals surface area contributed by atoms with Crippen LogP contribution in [0.3, 0.4) is 0 Å². The van der Waals surface area contributed by atoms with Gasteiger partial charge in [0.25, 0.3) is 0 Å². The summed E-state index contributed by atoms with van der Waals surface area (Å²) < 4.78 is 38.8. The normalized spacial score (nSPS) is 28.6. The molecule has 7 heteroatoms. The molecule has 118 valence electrons. The van der Waals surface area contributed by atoms with Crippen LogP contribution >= 0.6 is 0 Å². The molecule has 0 radical (unpaired) electrons. The van der Waals surface area contributed by atoms with Crippen molar-refractivity contribution < 1.29 is 17.9 Å². The van der Waals surface area contributed by atoms with E-state index in [1.54, 1.807) is 0 Å². The Morgan fingerprint density at radius 3 is 2.68 bits per heavy atom. The topological polar surface area (TPSA) is 88.4 Å². The Bertz CT molecular complexity index is 672. The second kappa shape index (κ2) is 5.97. The molecule has 0 unspecified atom stereocenters. The molecule has 0 saturated carbocycles. The molecule has 2 atom stereocenters. The number of rotatable bonds is 3. The van der Waals surface area contributed by atoms with E-state index in [-0.39, 0.29) is 16.5 Å². The maximum Gasteiger partial charge on any atom is 0.240 e. The maximum absolute atomic E-state index is 12.4. The summed E-state index contributed by atoms with van der Waals surface area (Å²) in [4.78, 5) is 0.176. The Morgan fingerprint density at radius 2 is 2.05 bits per heavy atom. The van der Waals surface area contributed by atoms with Gasteiger partial charge in [0, 0.05) is 25.7 Å². The van der Waals surface area contributed by atoms with E-state index >= 15 is 0 Å². The van der Waals surface area contributed by atoms with Crippen molar-refractivity contribution in [3.05, 3.63) is 29.8 Å². The van der Waals surface area contributed by atoms with Gasteiger partial charge in [0.15, 0.2) is 0 Å². The van der Waals surface area contributed by atoms with Crippen LogP contribution in [0.1, 0.15) is 24.8 Å². The maximum atomic E-state index is 12.4. The molecule has 2 aliphatic heterocycles. The Balaban J connectivity index is 1.72. The van der Waals surface area contributed by atoms with Crippen molar-refractivity contribution in [2.24, 2.45) is 0 Å². The Labute approximate surface area is 130 Å². The predicted molar refractivity (Wildman–Crippen MR) is 78.6 cm³/mol. The first-order chi connectivity index (χ1) is 10.5. The van der Waals surface area contributed by atoms with Crippen LogP contribution in [0.5, 0.6) is 0 Å². The van der Waals surface area contributed by atoms with Gasteiger partial charge in [0.1, 0.15) is 0 Å². The highest BCUT2D eigenvalue weighted by Crippen LogP contribution is 2.33. The van der Waals surface area contributed by atoms with Crippen LogP contribution in [0.25, 0.3) is 0 Å². The zero-order valence-corrected chi connectivity index (χ0v) is 12.9. The molecule has 2 fully saturated rings. The highest BCUT2D eigenvalue weighted by Gasteiger charge is 2.42. The van der Waals surface area contributed by atoms with Gasteiger partial charge in [-0.25, -0.2) is 13.1 Å². The van der Waals surface area contributed by atoms with E-state index in [0.717, 1.165) is 6.42 Å². The Morgan fingerprint density at radius 1 is 1.27 bits per heavy atom. The molecule has 1 N–H and O–H groups in total. The lowest BCUT2D eigenvalue weighted by molar-refractivity contribution is -0.0868. The van der Waals surface area contributed by atoms with Crippen LogP contribution in [-0.4, -0.2) is 39.9 Å². The van der Waals surface area contributed by atoms with Gasteiger partial charge in [-0.3, -0.25) is 0 Å². The quantitative estimate of drug-likeness (QED) is 0.902. The van der Waals surface area contributed by atoms with Crippen molar-refractivity contribution in [3.8, 4) is 6.07 Å². The predicted octanol–water partition coefficient (Wildman–Crippen LogP) is 1.17. The first kappa shape index (κ1) is 15.4. The molecule has 2 heterocycles. The minimum absolute atomic E-state index is 0.156. The van der Waals surface area contributed by atoms with E-state index < -0.39 is 10.0 Å². The zero-order chi connectivity index (χ0) is 15.6. The molecule has 1 aromatic rings. The van der Waals surface area contributed by atoms with E-state index in [4.69, 9.17) is 14.7 Å². The van der Waals surface area contributed by atoms with Crippen LogP contribution in [0.2, 0.25) is 0 Å². The van der Waals surface area contributed by atoms with Gasteiger partial charge < -0.3 is 9.47 Å². The number of sulfonamides is 1. The first-order valence-corrected chi connectivity index (χ1v) is 8.76. The summed E-state index contributed by atoms with van der Waals surface area (Å²) in [6.45, 7) is 1.72. The van der Waals surface area contributed by atoms with Crippen molar-refractivity contribution >= 4 is 10.0 Å². The van der Waals surface area contributed by atoms with Crippen molar-refractivity contribution in [1.82, 2.24) is 4.72 Å². The monoisotopic (exact) mass is 322 g/mol. The standard InChI is InChI=1S/C15H18N2O4S/c16-10-12-1-3-14(4-2-12)22(18,19)17-13-5-7-21-15(9-13)6-8-20-11-15/h1-4,13,17H,5-9,11H2/t13-,15+/m1/s1. The van der Waals surface area contributed by atoms with E-state index in [2.05, 4.69) is 4.72 Å². The largest absolute Gasteiger partial charge is 0.378 e. The number of hydrogen-bond acceptors (Lipinski definition) is 5. The minimum Gasteiger partial charge on any atom is -0.378 e. The molecule has 0 amide bonds. The molecule has 3 rings (SSSR count). The number of nitriles is 1. The molecule has 0 bridgehead atoms. The second-order valence-corrected chi connectivity index (χ2v) is 7.50. The molecule has 2 aliphatic rings. The van der Waals surface area contributed by atoms with E-state index in [1.807, 2.05) is 6.07 Å². The van der Waals surface area contributed by atoms with Crippen molar-refractivity contribution in [2.45, 2.75) is 35.8 Å². The molecule has 0 aromatic heterocycles. The fourth-order valence-electron chi connectivity index (χ4n) is 2.99. The molecule has 1 spiro atoms. The highest BCUT2D eigenvalue weighted by molar-refractivity contribution is 7.89. The van der Waals surface area contributed by atoms with Gasteiger partial charge >= 0.3 is 0 Å². The van der Waals surface area contributed by atoms with Crippen LogP contribution in [-0.2, 0) is 19.5 Å². The number of ether oxygens (including phenoxy) is 2. The molecule has 2 saturated heterocycles. The smallest absolute Gasteiger partial charge is 0.240 e. The molecular weight excluding hydrogens is 304 g/mol. The van der Waals surface area contributed by atoms with Gasteiger partial charge in [0.2, 0.25) is 10.0 Å². The van der Waals surface area contributed by atoms with Crippen molar-refractivity contribution in [1.29, 1.82) is 5.26 Å². The lowest BCUT2D eigenvalue weighted by Crippen LogP contribution is -2.48. The summed E-state index contributed by atoms with van der Waals surface area (Å²) in [5.74, 6) is 0. The van der Waals surface area contributed by atoms with Crippen molar-refractivity contribution in [3.63, 3.8) is 0 Å². The van der Waals surface area contributed by atoms with Gasteiger partial charge in [-0.2, -0.15) is 5.26 Å². The van der Waals surface area contributed by atoms with Crippen LogP contribution in [0.4, 0.5) is 0 Å². The SMILES string of the molecule is N#Cc1ccc(S(=O)(=O)N[C@@H]2CCO[C@@]3(CCOC3)C2)cc1. The third-order valence-corrected chi connectivity index (χ3v) is 5.71. The molecule has 6 nitrogen and oxygen atoms in total. The van der Waals surface area contributed by atoms with Gasteiger partial charge in [-0.05, 0) is 37.1 Å². The summed E-state index contributed by atoms with van der Waals surface area (Å²) in [6.07, 6.45) is 2.09. The average Bonchev–Trinajstić information content (AvgIpc) is 2.94. The number of nitrogens with one attached hydrogen (secondary N) is 1. The number of hydrogen-bond donors (Lipinski definition) is 1. The summed E-state index contributed by atoms with van der Waals surface area (Å²) in [5.41, 5.74) is 0.0999. The highest BCUT2D eigenvalue weighted by atomic mass is 32.2. The summed E-state index contributed by atoms with van der Waals surface area (Å²) in [5, 5.41) is 8.77. The fraction of sp³-hybridized carbons (Fsp3) is 0.533. The second-order valence-electron chi connectivity index (χ2n) is 5.78. The van der Waals surface area contributed by atoms with Gasteiger partial charge in [-0.1, -0.05) is 0 Å². The molecule has 1 aromatic carbocycles. The Hall–Kier alpha value is -1.46. The minimum atomic E-state index is -3.59. The van der Waals surface area contributed by atoms with E-state index in [9.17, 15) is 8.42 Å². The first-order valence-electron chi connectivity index (χ1n) is 7.27. The van der Waals surface area contributed by atoms with Crippen LogP contribution in [0, 0.1) is 11.3 Å². The third kappa shape index (κ3) is 3.15. The molecule has 22 heavy (non-hydrogen) atoms. The van der Waals surface area contributed by atoms with Gasteiger partial charge in [0.05, 0.1) is 28.7 Å². The van der Waals surface area contributed by atoms with Crippen LogP contribution in [0.15, 0.2) is 29.2 Å². The fourth-order valence-corrected chi connectivity index (χ4v) is 4.26. The van der Waals surface area contributed by atoms with E-state index in [0.29, 0.717) is 38.2 Å². The average molecular weight is 322 g/mol. The number of nitrogens with zero attached hydrogens (tertiary/aromatic N) is 1. The lowest BCUT2D eigenvalue weighted by atomic mass is 9.90. The lowest BCUT2D eigenvalue weighted by Gasteiger charge is -2.37. The van der Waals surface area contributed by atoms with E-state index in [1.165, 1.54) is 24.3 Å². The molecular formula is C15H18N2O4S. The van der Waals surface area contributed by atoms with Gasteiger partial charge in [-0.15, -0.1) is 0 Å². The van der Waals surface area contributed by atoms with Crippen molar-refractivity contribution in [2.75, 3.05) is 19.8 Å².